The second kappa shape index (κ2) is 10.7. The van der Waals surface area contributed by atoms with E-state index >= 15 is 0 Å². The lowest BCUT2D eigenvalue weighted by Gasteiger charge is -2.44. The molecule has 4 heteroatoms. The molecule has 2 aromatic carbocycles. The van der Waals surface area contributed by atoms with Crippen molar-refractivity contribution in [1.29, 1.82) is 5.26 Å². The van der Waals surface area contributed by atoms with Gasteiger partial charge in [-0.25, -0.2) is 4.85 Å². The van der Waals surface area contributed by atoms with Crippen LogP contribution in [0.2, 0.25) is 0 Å². The molecule has 166 valence electrons. The van der Waals surface area contributed by atoms with Crippen molar-refractivity contribution >= 4 is 5.69 Å². The molecular weight excluding hydrogens is 394 g/mol. The van der Waals surface area contributed by atoms with Gasteiger partial charge >= 0.3 is 0 Å². The molecule has 0 radical (unpaired) electrons. The SMILES string of the molecule is [C-]#[N+]c1ccc(OCCCN2CCC(C(C#N)(c3ccccc3)C3CCCC3)CC2)cc1. The van der Waals surface area contributed by atoms with E-state index in [1.54, 1.807) is 12.1 Å². The molecule has 0 spiro atoms. The Balaban J connectivity index is 1.31. The lowest BCUT2D eigenvalue weighted by atomic mass is 9.60. The van der Waals surface area contributed by atoms with Gasteiger partial charge in [-0.15, -0.1) is 0 Å². The zero-order valence-corrected chi connectivity index (χ0v) is 18.9. The van der Waals surface area contributed by atoms with Gasteiger partial charge in [-0.3, -0.25) is 0 Å². The molecule has 1 saturated heterocycles. The van der Waals surface area contributed by atoms with E-state index in [-0.39, 0.29) is 5.41 Å². The molecule has 2 aliphatic rings. The van der Waals surface area contributed by atoms with Gasteiger partial charge in [0.2, 0.25) is 0 Å². The molecule has 4 rings (SSSR count). The van der Waals surface area contributed by atoms with Gasteiger partial charge in [-0.1, -0.05) is 55.3 Å². The Morgan fingerprint density at radius 1 is 0.969 bits per heavy atom. The van der Waals surface area contributed by atoms with Gasteiger partial charge in [0.25, 0.3) is 0 Å². The van der Waals surface area contributed by atoms with Gasteiger partial charge in [0.15, 0.2) is 5.69 Å². The number of piperidine rings is 1. The van der Waals surface area contributed by atoms with E-state index in [1.165, 1.54) is 31.2 Å². The van der Waals surface area contributed by atoms with Crippen LogP contribution in [0, 0.1) is 29.7 Å². The highest BCUT2D eigenvalue weighted by Crippen LogP contribution is 2.49. The number of nitriles is 1. The third kappa shape index (κ3) is 4.82. The Morgan fingerprint density at radius 3 is 2.25 bits per heavy atom. The Morgan fingerprint density at radius 2 is 1.62 bits per heavy atom. The average molecular weight is 428 g/mol. The normalized spacial score (nSPS) is 19.7. The van der Waals surface area contributed by atoms with E-state index in [0.29, 0.717) is 24.1 Å². The van der Waals surface area contributed by atoms with Gasteiger partial charge in [-0.05, 0) is 74.7 Å². The Kier molecular flexibility index (Phi) is 7.46. The lowest BCUT2D eigenvalue weighted by molar-refractivity contribution is 0.114. The molecule has 0 aromatic heterocycles. The molecule has 2 fully saturated rings. The molecule has 0 N–H and O–H groups in total. The highest BCUT2D eigenvalue weighted by atomic mass is 16.5. The summed E-state index contributed by atoms with van der Waals surface area (Å²) in [6, 6.07) is 20.8. The zero-order chi connectivity index (χ0) is 22.2. The van der Waals surface area contributed by atoms with Gasteiger partial charge in [0.05, 0.1) is 24.7 Å². The highest BCUT2D eigenvalue weighted by Gasteiger charge is 2.48. The maximum Gasteiger partial charge on any atom is 0.187 e. The van der Waals surface area contributed by atoms with E-state index in [2.05, 4.69) is 46.1 Å². The summed E-state index contributed by atoms with van der Waals surface area (Å²) >= 11 is 0. The first-order chi connectivity index (χ1) is 15.8. The summed E-state index contributed by atoms with van der Waals surface area (Å²) in [6.45, 7) is 10.9. The number of rotatable bonds is 8. The highest BCUT2D eigenvalue weighted by molar-refractivity contribution is 5.47. The summed E-state index contributed by atoms with van der Waals surface area (Å²) in [5.41, 5.74) is 1.55. The third-order valence-electron chi connectivity index (χ3n) is 7.52. The minimum absolute atomic E-state index is 0.329. The topological polar surface area (TPSA) is 40.6 Å². The molecule has 1 saturated carbocycles. The van der Waals surface area contributed by atoms with Gasteiger partial charge in [0, 0.05) is 6.54 Å². The predicted octanol–water partition coefficient (Wildman–Crippen LogP) is 6.37. The van der Waals surface area contributed by atoms with Crippen LogP contribution in [-0.2, 0) is 5.41 Å². The molecule has 4 nitrogen and oxygen atoms in total. The molecule has 0 amide bonds. The number of hydrogen-bond acceptors (Lipinski definition) is 3. The molecule has 1 atom stereocenters. The Hall–Kier alpha value is -2.82. The van der Waals surface area contributed by atoms with Crippen LogP contribution in [0.1, 0.15) is 50.5 Å². The lowest BCUT2D eigenvalue weighted by Crippen LogP contribution is -2.46. The average Bonchev–Trinajstić information content (AvgIpc) is 3.40. The number of likely N-dealkylation sites (tertiary alicyclic amines) is 1. The zero-order valence-electron chi connectivity index (χ0n) is 18.9. The van der Waals surface area contributed by atoms with E-state index in [4.69, 9.17) is 11.3 Å². The second-order valence-corrected chi connectivity index (χ2v) is 9.25. The molecular formula is C28H33N3O. The summed E-state index contributed by atoms with van der Waals surface area (Å²) in [5.74, 6) is 1.76. The predicted molar refractivity (Wildman–Crippen MR) is 128 cm³/mol. The van der Waals surface area contributed by atoms with Crippen LogP contribution >= 0.6 is 0 Å². The van der Waals surface area contributed by atoms with E-state index in [1.807, 2.05) is 12.1 Å². The second-order valence-electron chi connectivity index (χ2n) is 9.25. The van der Waals surface area contributed by atoms with E-state index < -0.39 is 0 Å². The van der Waals surface area contributed by atoms with Gasteiger partial charge < -0.3 is 9.64 Å². The monoisotopic (exact) mass is 427 g/mol. The fourth-order valence-corrected chi connectivity index (χ4v) is 5.85. The fraction of sp³-hybridized carbons (Fsp3) is 0.500. The summed E-state index contributed by atoms with van der Waals surface area (Å²) in [5, 5.41) is 10.5. The Labute approximate surface area is 192 Å². The summed E-state index contributed by atoms with van der Waals surface area (Å²) in [6.07, 6.45) is 8.09. The van der Waals surface area contributed by atoms with Crippen molar-refractivity contribution in [2.24, 2.45) is 11.8 Å². The molecule has 32 heavy (non-hydrogen) atoms. The van der Waals surface area contributed by atoms with Crippen molar-refractivity contribution in [1.82, 2.24) is 4.90 Å². The maximum atomic E-state index is 10.5. The third-order valence-corrected chi connectivity index (χ3v) is 7.52. The summed E-state index contributed by atoms with van der Waals surface area (Å²) in [4.78, 5) is 5.94. The number of nitrogens with zero attached hydrogens (tertiary/aromatic N) is 3. The molecule has 1 unspecified atom stereocenters. The quantitative estimate of drug-likeness (QED) is 0.363. The molecule has 2 aromatic rings. The van der Waals surface area contributed by atoms with Crippen LogP contribution in [0.15, 0.2) is 54.6 Å². The van der Waals surface area contributed by atoms with Gasteiger partial charge in [-0.2, -0.15) is 5.26 Å². The first-order valence-corrected chi connectivity index (χ1v) is 12.1. The van der Waals surface area contributed by atoms with Crippen molar-refractivity contribution in [3.05, 3.63) is 71.6 Å². The van der Waals surface area contributed by atoms with Crippen LogP contribution in [-0.4, -0.2) is 31.1 Å². The van der Waals surface area contributed by atoms with Crippen molar-refractivity contribution in [3.63, 3.8) is 0 Å². The van der Waals surface area contributed by atoms with Crippen molar-refractivity contribution < 1.29 is 4.74 Å². The van der Waals surface area contributed by atoms with E-state index in [0.717, 1.165) is 44.6 Å². The number of hydrogen-bond donors (Lipinski definition) is 0. The number of benzene rings is 2. The van der Waals surface area contributed by atoms with Crippen LogP contribution < -0.4 is 4.74 Å². The number of ether oxygens (including phenoxy) is 1. The summed E-state index contributed by atoms with van der Waals surface area (Å²) < 4.78 is 5.84. The molecule has 1 heterocycles. The molecule has 0 bridgehead atoms. The van der Waals surface area contributed by atoms with Crippen molar-refractivity contribution in [2.75, 3.05) is 26.2 Å². The van der Waals surface area contributed by atoms with Crippen molar-refractivity contribution in [2.45, 2.75) is 50.4 Å². The van der Waals surface area contributed by atoms with Crippen LogP contribution in [0.3, 0.4) is 0 Å². The minimum Gasteiger partial charge on any atom is -0.494 e. The van der Waals surface area contributed by atoms with Crippen LogP contribution in [0.25, 0.3) is 4.85 Å². The molecule has 1 aliphatic carbocycles. The maximum absolute atomic E-state index is 10.5. The fourth-order valence-electron chi connectivity index (χ4n) is 5.85. The van der Waals surface area contributed by atoms with Crippen LogP contribution in [0.5, 0.6) is 5.75 Å². The smallest absolute Gasteiger partial charge is 0.187 e. The largest absolute Gasteiger partial charge is 0.494 e. The van der Waals surface area contributed by atoms with Crippen LogP contribution in [0.4, 0.5) is 5.69 Å². The minimum atomic E-state index is -0.329. The first kappa shape index (κ1) is 22.4. The van der Waals surface area contributed by atoms with E-state index in [9.17, 15) is 5.26 Å². The van der Waals surface area contributed by atoms with Gasteiger partial charge in [0.1, 0.15) is 5.75 Å². The first-order valence-electron chi connectivity index (χ1n) is 12.1. The van der Waals surface area contributed by atoms with Crippen molar-refractivity contribution in [3.8, 4) is 11.8 Å². The molecule has 1 aliphatic heterocycles. The summed E-state index contributed by atoms with van der Waals surface area (Å²) in [7, 11) is 0. The Bertz CT molecular complexity index is 929. The standard InChI is InChI=1S/C28H33N3O/c1-30-26-12-14-27(15-13-26)32-21-7-18-31-19-16-25(17-20-31)28(22-29,24-10-5-6-11-24)23-8-3-2-4-9-23/h2-4,8-9,12-15,24-25H,5-7,10-11,16-21H2.